The lowest BCUT2D eigenvalue weighted by Crippen LogP contribution is -2.53. The first-order valence-corrected chi connectivity index (χ1v) is 13.0. The predicted octanol–water partition coefficient (Wildman–Crippen LogP) is 3.26. The minimum atomic E-state index is -0.726. The first-order valence-electron chi connectivity index (χ1n) is 13.0. The third-order valence-electron chi connectivity index (χ3n) is 6.55. The smallest absolute Gasteiger partial charge is 0.242 e. The van der Waals surface area contributed by atoms with E-state index in [-0.39, 0.29) is 36.2 Å². The summed E-state index contributed by atoms with van der Waals surface area (Å²) in [5.74, 6) is -0.321. The fourth-order valence-corrected chi connectivity index (χ4v) is 4.52. The van der Waals surface area contributed by atoms with E-state index in [1.807, 2.05) is 19.9 Å². The topological polar surface area (TPSA) is 111 Å². The molecule has 0 saturated carbocycles. The molecule has 5 N–H and O–H groups in total. The number of unbranched alkanes of at least 4 members (excludes halogenated alkanes) is 4. The summed E-state index contributed by atoms with van der Waals surface area (Å²) in [4.78, 5) is 26.3. The molecule has 3 unspecified atom stereocenters. The van der Waals surface area contributed by atoms with E-state index in [4.69, 9.17) is 0 Å². The summed E-state index contributed by atoms with van der Waals surface area (Å²) in [6.45, 7) is 6.04. The van der Waals surface area contributed by atoms with Crippen LogP contribution in [0.4, 0.5) is 0 Å². The van der Waals surface area contributed by atoms with E-state index in [1.165, 1.54) is 19.3 Å². The van der Waals surface area contributed by atoms with E-state index in [0.29, 0.717) is 19.3 Å². The second kappa shape index (κ2) is 17.1. The molecule has 192 valence electrons. The van der Waals surface area contributed by atoms with Crippen molar-refractivity contribution in [3.63, 3.8) is 0 Å². The van der Waals surface area contributed by atoms with Gasteiger partial charge in [-0.25, -0.2) is 0 Å². The summed E-state index contributed by atoms with van der Waals surface area (Å²) in [5.41, 5.74) is 0. The fourth-order valence-electron chi connectivity index (χ4n) is 4.52. The van der Waals surface area contributed by atoms with Crippen LogP contribution in [0.5, 0.6) is 0 Å². The van der Waals surface area contributed by atoms with Crippen LogP contribution in [-0.2, 0) is 9.59 Å². The molecule has 0 saturated heterocycles. The molecule has 1 rings (SSSR count). The van der Waals surface area contributed by atoms with Crippen LogP contribution < -0.4 is 16.0 Å². The summed E-state index contributed by atoms with van der Waals surface area (Å²) >= 11 is 0. The standard InChI is InChI=1S/C26H49N3O4/c1-5-6-7-8-10-13-20-14-11-9-12-15-21(24(31)27-4)17-22(18-30)28-26(33)23(16-19(2)3)29-25(20)32/h9,12,19-24,27,30-31H,5-8,10-11,13-18H2,1-4H3,(H,28,33)(H,29,32)/b12-9-/t20?,21?,22-,23-,24?/m0/s1. The second-order valence-corrected chi connectivity index (χ2v) is 9.99. The Morgan fingerprint density at radius 3 is 2.45 bits per heavy atom. The number of carbonyl (C=O) groups is 2. The lowest BCUT2D eigenvalue weighted by Gasteiger charge is -2.29. The van der Waals surface area contributed by atoms with Gasteiger partial charge in [-0.2, -0.15) is 0 Å². The zero-order valence-electron chi connectivity index (χ0n) is 21.3. The Kier molecular flexibility index (Phi) is 15.3. The van der Waals surface area contributed by atoms with Gasteiger partial charge in [0.15, 0.2) is 0 Å². The average Bonchev–Trinajstić information content (AvgIpc) is 2.78. The van der Waals surface area contributed by atoms with Gasteiger partial charge < -0.3 is 20.8 Å². The van der Waals surface area contributed by atoms with Crippen LogP contribution in [0.2, 0.25) is 0 Å². The van der Waals surface area contributed by atoms with E-state index < -0.39 is 18.3 Å². The Labute approximate surface area is 201 Å². The molecule has 0 radical (unpaired) electrons. The maximum absolute atomic E-state index is 13.2. The minimum Gasteiger partial charge on any atom is -0.394 e. The SMILES string of the molecule is CCCCCCCC1CC/C=C\CC(C(O)NC)C[C@@H](CO)NC(=O)[C@H](CC(C)C)NC1=O. The maximum atomic E-state index is 13.2. The molecule has 7 heteroatoms. The normalized spacial score (nSPS) is 27.5. The molecule has 0 aromatic carbocycles. The first kappa shape index (κ1) is 29.6. The van der Waals surface area contributed by atoms with Crippen molar-refractivity contribution in [2.24, 2.45) is 17.8 Å². The third kappa shape index (κ3) is 12.0. The summed E-state index contributed by atoms with van der Waals surface area (Å²) in [6, 6.07) is -1.11. The summed E-state index contributed by atoms with van der Waals surface area (Å²) < 4.78 is 0. The highest BCUT2D eigenvalue weighted by Gasteiger charge is 2.29. The van der Waals surface area contributed by atoms with Crippen molar-refractivity contribution in [3.8, 4) is 0 Å². The average molecular weight is 468 g/mol. The van der Waals surface area contributed by atoms with Crippen molar-refractivity contribution in [3.05, 3.63) is 12.2 Å². The minimum absolute atomic E-state index is 0.0409. The molecule has 0 fully saturated rings. The van der Waals surface area contributed by atoms with E-state index in [9.17, 15) is 19.8 Å². The zero-order chi connectivity index (χ0) is 24.6. The summed E-state index contributed by atoms with van der Waals surface area (Å²) in [7, 11) is 1.70. The van der Waals surface area contributed by atoms with Gasteiger partial charge in [-0.15, -0.1) is 0 Å². The van der Waals surface area contributed by atoms with Gasteiger partial charge >= 0.3 is 0 Å². The molecule has 0 aromatic rings. The highest BCUT2D eigenvalue weighted by Crippen LogP contribution is 2.21. The predicted molar refractivity (Wildman–Crippen MR) is 133 cm³/mol. The van der Waals surface area contributed by atoms with Gasteiger partial charge in [-0.1, -0.05) is 65.0 Å². The van der Waals surface area contributed by atoms with Crippen LogP contribution in [0.1, 0.15) is 91.4 Å². The van der Waals surface area contributed by atoms with Gasteiger partial charge in [-0.3, -0.25) is 14.9 Å². The highest BCUT2D eigenvalue weighted by molar-refractivity contribution is 5.88. The quantitative estimate of drug-likeness (QED) is 0.182. The number of allylic oxidation sites excluding steroid dienone is 2. The lowest BCUT2D eigenvalue weighted by atomic mass is 9.91. The van der Waals surface area contributed by atoms with Gasteiger partial charge in [0, 0.05) is 11.8 Å². The Morgan fingerprint density at radius 1 is 1.09 bits per heavy atom. The number of rotatable bonds is 11. The van der Waals surface area contributed by atoms with Crippen molar-refractivity contribution in [2.75, 3.05) is 13.7 Å². The molecule has 1 heterocycles. The van der Waals surface area contributed by atoms with Gasteiger partial charge in [0.05, 0.1) is 12.6 Å². The molecular weight excluding hydrogens is 418 g/mol. The van der Waals surface area contributed by atoms with E-state index in [1.54, 1.807) is 7.05 Å². The molecule has 0 aliphatic carbocycles. The second-order valence-electron chi connectivity index (χ2n) is 9.99. The Bertz CT molecular complexity index is 582. The molecule has 7 nitrogen and oxygen atoms in total. The number of nitrogens with one attached hydrogen (secondary N) is 3. The van der Waals surface area contributed by atoms with Crippen LogP contribution in [-0.4, -0.2) is 54.0 Å². The number of hydrogen-bond donors (Lipinski definition) is 5. The molecule has 0 spiro atoms. The van der Waals surface area contributed by atoms with E-state index in [2.05, 4.69) is 29.0 Å². The van der Waals surface area contributed by atoms with Crippen molar-refractivity contribution in [1.82, 2.24) is 16.0 Å². The third-order valence-corrected chi connectivity index (χ3v) is 6.55. The van der Waals surface area contributed by atoms with Crippen LogP contribution in [0.15, 0.2) is 12.2 Å². The van der Waals surface area contributed by atoms with Gasteiger partial charge in [-0.05, 0) is 51.5 Å². The summed E-state index contributed by atoms with van der Waals surface area (Å²) in [6.07, 6.45) is 13.2. The monoisotopic (exact) mass is 467 g/mol. The highest BCUT2D eigenvalue weighted by atomic mass is 16.3. The molecule has 2 amide bonds. The van der Waals surface area contributed by atoms with Crippen LogP contribution in [0.3, 0.4) is 0 Å². The Hall–Kier alpha value is -1.44. The van der Waals surface area contributed by atoms with Gasteiger partial charge in [0.25, 0.3) is 0 Å². The van der Waals surface area contributed by atoms with E-state index in [0.717, 1.165) is 32.1 Å². The largest absolute Gasteiger partial charge is 0.394 e. The first-order chi connectivity index (χ1) is 15.8. The van der Waals surface area contributed by atoms with Crippen LogP contribution >= 0.6 is 0 Å². The van der Waals surface area contributed by atoms with Gasteiger partial charge in [0.2, 0.25) is 11.8 Å². The fraction of sp³-hybridized carbons (Fsp3) is 0.846. The summed E-state index contributed by atoms with van der Waals surface area (Å²) in [5, 5.41) is 29.1. The molecule has 33 heavy (non-hydrogen) atoms. The molecule has 1 aliphatic heterocycles. The number of amides is 2. The van der Waals surface area contributed by atoms with Crippen LogP contribution in [0, 0.1) is 17.8 Å². The van der Waals surface area contributed by atoms with Crippen molar-refractivity contribution < 1.29 is 19.8 Å². The Morgan fingerprint density at radius 2 is 1.82 bits per heavy atom. The molecule has 0 aromatic heterocycles. The van der Waals surface area contributed by atoms with E-state index >= 15 is 0 Å². The van der Waals surface area contributed by atoms with Crippen molar-refractivity contribution in [2.45, 2.75) is 110 Å². The molecule has 0 bridgehead atoms. The molecular formula is C26H49N3O4. The van der Waals surface area contributed by atoms with Crippen molar-refractivity contribution in [1.29, 1.82) is 0 Å². The van der Waals surface area contributed by atoms with Gasteiger partial charge in [0.1, 0.15) is 12.3 Å². The zero-order valence-corrected chi connectivity index (χ0v) is 21.3. The van der Waals surface area contributed by atoms with Crippen molar-refractivity contribution >= 4 is 11.8 Å². The van der Waals surface area contributed by atoms with Crippen LogP contribution in [0.25, 0.3) is 0 Å². The molecule has 1 aliphatic rings. The maximum Gasteiger partial charge on any atom is 0.242 e. The Balaban J connectivity index is 3.03. The number of hydrogen-bond acceptors (Lipinski definition) is 5. The number of aliphatic hydroxyl groups is 2. The number of aliphatic hydroxyl groups excluding tert-OH is 2. The lowest BCUT2D eigenvalue weighted by molar-refractivity contribution is -0.132. The number of carbonyl (C=O) groups excluding carboxylic acids is 2. The molecule has 5 atom stereocenters.